The van der Waals surface area contributed by atoms with Gasteiger partial charge in [-0.05, 0) is 37.5 Å². The Labute approximate surface area is 96.8 Å². The smallest absolute Gasteiger partial charge is 0.321 e. The van der Waals surface area contributed by atoms with E-state index >= 15 is 0 Å². The molecule has 90 valence electrons. The van der Waals surface area contributed by atoms with Crippen LogP contribution in [-0.4, -0.2) is 34.6 Å². The van der Waals surface area contributed by atoms with Crippen molar-refractivity contribution in [2.75, 3.05) is 6.54 Å². The first-order valence-corrected chi connectivity index (χ1v) is 6.76. The van der Waals surface area contributed by atoms with Crippen molar-refractivity contribution in [3.63, 3.8) is 0 Å². The van der Waals surface area contributed by atoms with Gasteiger partial charge in [0.1, 0.15) is 6.04 Å². The summed E-state index contributed by atoms with van der Waals surface area (Å²) in [4.78, 5) is 13.8. The Bertz CT molecular complexity index is 286. The fraction of sp³-hybridized carbons (Fsp3) is 0.923. The molecule has 3 fully saturated rings. The molecule has 2 saturated carbocycles. The molecule has 0 radical (unpaired) electrons. The minimum absolute atomic E-state index is 0.157. The van der Waals surface area contributed by atoms with Gasteiger partial charge in [0.15, 0.2) is 0 Å². The van der Waals surface area contributed by atoms with Gasteiger partial charge in [0.25, 0.3) is 0 Å². The van der Waals surface area contributed by atoms with Gasteiger partial charge in [-0.25, -0.2) is 0 Å². The summed E-state index contributed by atoms with van der Waals surface area (Å²) in [5, 5.41) is 9.45. The minimum atomic E-state index is -0.568. The van der Waals surface area contributed by atoms with Crippen LogP contribution in [0.4, 0.5) is 0 Å². The Morgan fingerprint density at radius 1 is 1.06 bits per heavy atom. The molecule has 3 nitrogen and oxygen atoms in total. The number of nitrogens with zero attached hydrogens (tertiary/aromatic N) is 1. The van der Waals surface area contributed by atoms with Crippen LogP contribution in [0.15, 0.2) is 0 Å². The molecule has 1 heterocycles. The van der Waals surface area contributed by atoms with Gasteiger partial charge in [0.05, 0.1) is 0 Å². The lowest BCUT2D eigenvalue weighted by Gasteiger charge is -2.29. The molecule has 0 aromatic rings. The van der Waals surface area contributed by atoms with E-state index in [1.165, 1.54) is 38.5 Å². The first kappa shape index (κ1) is 10.6. The largest absolute Gasteiger partial charge is 0.480 e. The zero-order valence-corrected chi connectivity index (χ0v) is 9.77. The van der Waals surface area contributed by atoms with Gasteiger partial charge >= 0.3 is 5.97 Å². The van der Waals surface area contributed by atoms with Crippen LogP contribution >= 0.6 is 0 Å². The molecule has 16 heavy (non-hydrogen) atoms. The van der Waals surface area contributed by atoms with Crippen LogP contribution in [0.25, 0.3) is 0 Å². The average Bonchev–Trinajstić information content (AvgIpc) is 2.92. The third-order valence-corrected chi connectivity index (χ3v) is 4.97. The normalized spacial score (nSPS) is 40.4. The molecule has 1 saturated heterocycles. The van der Waals surface area contributed by atoms with E-state index in [2.05, 4.69) is 4.90 Å². The molecule has 0 bridgehead atoms. The third-order valence-electron chi connectivity index (χ3n) is 4.97. The lowest BCUT2D eigenvalue weighted by atomic mass is 9.94. The zero-order valence-electron chi connectivity index (χ0n) is 9.77. The number of hydrogen-bond acceptors (Lipinski definition) is 2. The number of likely N-dealkylation sites (tertiary alicyclic amines) is 1. The highest BCUT2D eigenvalue weighted by molar-refractivity contribution is 5.74. The van der Waals surface area contributed by atoms with Crippen molar-refractivity contribution < 1.29 is 9.90 Å². The highest BCUT2D eigenvalue weighted by Crippen LogP contribution is 2.44. The van der Waals surface area contributed by atoms with Crippen LogP contribution in [0, 0.1) is 11.8 Å². The number of hydrogen-bond donors (Lipinski definition) is 1. The number of carbonyl (C=O) groups is 1. The summed E-state index contributed by atoms with van der Waals surface area (Å²) in [5.41, 5.74) is 0. The first-order chi connectivity index (χ1) is 7.77. The number of aliphatic carboxylic acids is 1. The van der Waals surface area contributed by atoms with Crippen LogP contribution in [-0.2, 0) is 4.79 Å². The lowest BCUT2D eigenvalue weighted by molar-refractivity contribution is -0.144. The predicted molar refractivity (Wildman–Crippen MR) is 61.2 cm³/mol. The van der Waals surface area contributed by atoms with Crippen LogP contribution in [0.5, 0.6) is 0 Å². The van der Waals surface area contributed by atoms with Gasteiger partial charge in [-0.1, -0.05) is 19.3 Å². The van der Waals surface area contributed by atoms with E-state index < -0.39 is 5.97 Å². The molecular formula is C13H21NO2. The third kappa shape index (κ3) is 1.56. The lowest BCUT2D eigenvalue weighted by Crippen LogP contribution is -2.44. The molecule has 0 spiro atoms. The van der Waals surface area contributed by atoms with E-state index in [1.54, 1.807) is 0 Å². The first-order valence-electron chi connectivity index (χ1n) is 6.76. The Kier molecular flexibility index (Phi) is 2.66. The molecule has 3 unspecified atom stereocenters. The molecule has 3 heteroatoms. The standard InChI is InChI=1S/C13H21NO2/c15-13(16)12-11-7-3-4-9(11)8-14(12)10-5-1-2-6-10/h9-12H,1-8H2,(H,15,16). The van der Waals surface area contributed by atoms with Crippen molar-refractivity contribution in [2.24, 2.45) is 11.8 Å². The van der Waals surface area contributed by atoms with E-state index in [4.69, 9.17) is 0 Å². The molecule has 2 aliphatic carbocycles. The molecule has 0 aromatic heterocycles. The average molecular weight is 223 g/mol. The van der Waals surface area contributed by atoms with Crippen molar-refractivity contribution in [1.29, 1.82) is 0 Å². The fourth-order valence-corrected chi connectivity index (χ4v) is 4.28. The molecule has 0 aromatic carbocycles. The van der Waals surface area contributed by atoms with E-state index in [9.17, 15) is 9.90 Å². The number of carboxylic acids is 1. The van der Waals surface area contributed by atoms with E-state index in [1.807, 2.05) is 0 Å². The number of carboxylic acid groups (broad SMARTS) is 1. The monoisotopic (exact) mass is 223 g/mol. The van der Waals surface area contributed by atoms with Crippen molar-refractivity contribution in [3.8, 4) is 0 Å². The summed E-state index contributed by atoms with van der Waals surface area (Å²) in [6, 6.07) is 0.419. The molecule has 1 aliphatic heterocycles. The maximum atomic E-state index is 11.5. The maximum Gasteiger partial charge on any atom is 0.321 e. The molecule has 3 rings (SSSR count). The van der Waals surface area contributed by atoms with Crippen molar-refractivity contribution in [1.82, 2.24) is 4.90 Å². The zero-order chi connectivity index (χ0) is 11.1. The fourth-order valence-electron chi connectivity index (χ4n) is 4.28. The summed E-state index contributed by atoms with van der Waals surface area (Å²) in [7, 11) is 0. The van der Waals surface area contributed by atoms with Crippen LogP contribution in [0.1, 0.15) is 44.9 Å². The predicted octanol–water partition coefficient (Wildman–Crippen LogP) is 2.11. The van der Waals surface area contributed by atoms with Crippen LogP contribution in [0.3, 0.4) is 0 Å². The Hall–Kier alpha value is -0.570. The second-order valence-electron chi connectivity index (χ2n) is 5.77. The second-order valence-corrected chi connectivity index (χ2v) is 5.77. The topological polar surface area (TPSA) is 40.5 Å². The van der Waals surface area contributed by atoms with Gasteiger partial charge in [-0.15, -0.1) is 0 Å². The summed E-state index contributed by atoms with van der Waals surface area (Å²) in [6.07, 6.45) is 8.69. The Morgan fingerprint density at radius 3 is 2.50 bits per heavy atom. The van der Waals surface area contributed by atoms with Crippen LogP contribution in [0.2, 0.25) is 0 Å². The Morgan fingerprint density at radius 2 is 1.81 bits per heavy atom. The molecule has 3 atom stereocenters. The quantitative estimate of drug-likeness (QED) is 0.779. The van der Waals surface area contributed by atoms with Gasteiger partial charge in [0.2, 0.25) is 0 Å². The highest BCUT2D eigenvalue weighted by atomic mass is 16.4. The van der Waals surface area contributed by atoms with Gasteiger partial charge in [-0.3, -0.25) is 9.69 Å². The highest BCUT2D eigenvalue weighted by Gasteiger charge is 2.49. The second kappa shape index (κ2) is 4.02. The van der Waals surface area contributed by atoms with E-state index in [-0.39, 0.29) is 6.04 Å². The van der Waals surface area contributed by atoms with E-state index in [0.717, 1.165) is 13.0 Å². The number of rotatable bonds is 2. The molecule has 0 amide bonds. The van der Waals surface area contributed by atoms with Crippen molar-refractivity contribution >= 4 is 5.97 Å². The summed E-state index contributed by atoms with van der Waals surface area (Å²) in [5.74, 6) is 0.570. The number of fused-ring (bicyclic) bond motifs is 1. The van der Waals surface area contributed by atoms with Gasteiger partial charge in [-0.2, -0.15) is 0 Å². The Balaban J connectivity index is 1.79. The maximum absolute atomic E-state index is 11.5. The van der Waals surface area contributed by atoms with E-state index in [0.29, 0.717) is 17.9 Å². The van der Waals surface area contributed by atoms with Gasteiger partial charge < -0.3 is 5.11 Å². The SMILES string of the molecule is O=C(O)C1C2CCCC2CN1C1CCCC1. The molecule has 3 aliphatic rings. The van der Waals surface area contributed by atoms with Crippen molar-refractivity contribution in [2.45, 2.75) is 57.0 Å². The summed E-state index contributed by atoms with van der Waals surface area (Å²) < 4.78 is 0. The molecular weight excluding hydrogens is 202 g/mol. The summed E-state index contributed by atoms with van der Waals surface area (Å²) >= 11 is 0. The molecule has 1 N–H and O–H groups in total. The van der Waals surface area contributed by atoms with Gasteiger partial charge in [0, 0.05) is 12.6 Å². The van der Waals surface area contributed by atoms with Crippen molar-refractivity contribution in [3.05, 3.63) is 0 Å². The van der Waals surface area contributed by atoms with Crippen LogP contribution < -0.4 is 0 Å². The summed E-state index contributed by atoms with van der Waals surface area (Å²) in [6.45, 7) is 1.06. The minimum Gasteiger partial charge on any atom is -0.480 e.